The summed E-state index contributed by atoms with van der Waals surface area (Å²) in [5.41, 5.74) is 0.540. The van der Waals surface area contributed by atoms with Crippen molar-refractivity contribution in [3.63, 3.8) is 0 Å². The van der Waals surface area contributed by atoms with Gasteiger partial charge in [0.2, 0.25) is 10.0 Å². The number of hydrogen-bond donors (Lipinski definition) is 2. The summed E-state index contributed by atoms with van der Waals surface area (Å²) >= 11 is 0. The third-order valence-corrected chi connectivity index (χ3v) is 5.79. The number of fused-ring (bicyclic) bond motifs is 1. The fourth-order valence-corrected chi connectivity index (χ4v) is 3.83. The molecule has 0 bridgehead atoms. The molecule has 7 heteroatoms. The zero-order valence-electron chi connectivity index (χ0n) is 11.9. The van der Waals surface area contributed by atoms with Crippen molar-refractivity contribution in [1.29, 1.82) is 0 Å². The molecule has 21 heavy (non-hydrogen) atoms. The predicted molar refractivity (Wildman–Crippen MR) is 78.4 cm³/mol. The number of benzene rings is 1. The predicted octanol–water partition coefficient (Wildman–Crippen LogP) is -0.114. The van der Waals surface area contributed by atoms with Crippen LogP contribution in [0.1, 0.15) is 10.4 Å². The molecule has 114 valence electrons. The zero-order valence-corrected chi connectivity index (χ0v) is 12.7. The molecule has 2 aliphatic heterocycles. The number of sulfonamides is 1. The normalized spacial score (nSPS) is 25.1. The van der Waals surface area contributed by atoms with Gasteiger partial charge in [0.05, 0.1) is 4.90 Å². The molecule has 0 aromatic heterocycles. The SMILES string of the molecule is CNS(=O)(=O)c1ccc(C(=O)N2C[C@H]3CNC[C@H]3C2)cc1. The van der Waals surface area contributed by atoms with Gasteiger partial charge in [0, 0.05) is 31.7 Å². The molecular weight excluding hydrogens is 290 g/mol. The summed E-state index contributed by atoms with van der Waals surface area (Å²) in [6.07, 6.45) is 0. The van der Waals surface area contributed by atoms with Crippen molar-refractivity contribution in [1.82, 2.24) is 14.9 Å². The monoisotopic (exact) mass is 309 g/mol. The van der Waals surface area contributed by atoms with Crippen molar-refractivity contribution in [2.24, 2.45) is 11.8 Å². The maximum absolute atomic E-state index is 12.4. The van der Waals surface area contributed by atoms with E-state index < -0.39 is 10.0 Å². The van der Waals surface area contributed by atoms with Crippen molar-refractivity contribution in [3.8, 4) is 0 Å². The molecular formula is C14H19N3O3S. The third kappa shape index (κ3) is 2.68. The minimum Gasteiger partial charge on any atom is -0.338 e. The lowest BCUT2D eigenvalue weighted by Gasteiger charge is -2.17. The molecule has 0 radical (unpaired) electrons. The number of rotatable bonds is 3. The van der Waals surface area contributed by atoms with Gasteiger partial charge in [-0.1, -0.05) is 0 Å². The van der Waals surface area contributed by atoms with Crippen LogP contribution in [-0.2, 0) is 10.0 Å². The molecule has 1 aromatic carbocycles. The Morgan fingerprint density at radius 3 is 2.29 bits per heavy atom. The molecule has 0 saturated carbocycles. The Hall–Kier alpha value is -1.44. The quantitative estimate of drug-likeness (QED) is 0.816. The van der Waals surface area contributed by atoms with Crippen molar-refractivity contribution in [3.05, 3.63) is 29.8 Å². The van der Waals surface area contributed by atoms with E-state index in [4.69, 9.17) is 0 Å². The van der Waals surface area contributed by atoms with E-state index in [1.165, 1.54) is 19.2 Å². The Morgan fingerprint density at radius 2 is 1.76 bits per heavy atom. The highest BCUT2D eigenvalue weighted by Gasteiger charge is 2.38. The Balaban J connectivity index is 1.74. The van der Waals surface area contributed by atoms with E-state index in [2.05, 4.69) is 10.0 Å². The average molecular weight is 309 g/mol. The highest BCUT2D eigenvalue weighted by molar-refractivity contribution is 7.89. The van der Waals surface area contributed by atoms with Gasteiger partial charge in [-0.15, -0.1) is 0 Å². The average Bonchev–Trinajstić information content (AvgIpc) is 3.08. The fourth-order valence-electron chi connectivity index (χ4n) is 3.10. The zero-order chi connectivity index (χ0) is 15.0. The van der Waals surface area contributed by atoms with Crippen molar-refractivity contribution in [2.45, 2.75) is 4.90 Å². The van der Waals surface area contributed by atoms with E-state index in [1.807, 2.05) is 4.90 Å². The number of carbonyl (C=O) groups is 1. The van der Waals surface area contributed by atoms with Crippen LogP contribution >= 0.6 is 0 Å². The van der Waals surface area contributed by atoms with E-state index in [9.17, 15) is 13.2 Å². The van der Waals surface area contributed by atoms with Crippen LogP contribution in [0.25, 0.3) is 0 Å². The second kappa shape index (κ2) is 5.40. The Morgan fingerprint density at radius 1 is 1.19 bits per heavy atom. The fraction of sp³-hybridized carbons (Fsp3) is 0.500. The van der Waals surface area contributed by atoms with E-state index in [0.717, 1.165) is 26.2 Å². The molecule has 2 atom stereocenters. The number of carbonyl (C=O) groups excluding carboxylic acids is 1. The van der Waals surface area contributed by atoms with Gasteiger partial charge in [0.25, 0.3) is 5.91 Å². The number of likely N-dealkylation sites (tertiary alicyclic amines) is 1. The lowest BCUT2D eigenvalue weighted by Crippen LogP contribution is -2.31. The van der Waals surface area contributed by atoms with Crippen LogP contribution in [0.5, 0.6) is 0 Å². The standard InChI is InChI=1S/C14H19N3O3S/c1-15-21(19,20)13-4-2-10(3-5-13)14(18)17-8-11-6-16-7-12(11)9-17/h2-5,11-12,15-16H,6-9H2,1H3/t11-,12+. The first kappa shape index (κ1) is 14.5. The minimum atomic E-state index is -3.46. The number of nitrogens with one attached hydrogen (secondary N) is 2. The molecule has 1 aromatic rings. The first-order valence-corrected chi connectivity index (χ1v) is 8.53. The molecule has 1 amide bonds. The first-order chi connectivity index (χ1) is 10.0. The molecule has 2 aliphatic rings. The second-order valence-corrected chi connectivity index (χ2v) is 7.51. The molecule has 6 nitrogen and oxygen atoms in total. The minimum absolute atomic E-state index is 0.0159. The van der Waals surface area contributed by atoms with Crippen LogP contribution in [0.15, 0.2) is 29.2 Å². The van der Waals surface area contributed by atoms with Gasteiger partial charge in [-0.25, -0.2) is 13.1 Å². The highest BCUT2D eigenvalue weighted by Crippen LogP contribution is 2.27. The highest BCUT2D eigenvalue weighted by atomic mass is 32.2. The summed E-state index contributed by atoms with van der Waals surface area (Å²) in [7, 11) is -2.09. The van der Waals surface area contributed by atoms with Gasteiger partial charge in [-0.3, -0.25) is 4.79 Å². The van der Waals surface area contributed by atoms with Crippen LogP contribution in [0.3, 0.4) is 0 Å². The van der Waals surface area contributed by atoms with E-state index >= 15 is 0 Å². The van der Waals surface area contributed by atoms with Crippen LogP contribution in [0.2, 0.25) is 0 Å². The van der Waals surface area contributed by atoms with Gasteiger partial charge in [0.15, 0.2) is 0 Å². The van der Waals surface area contributed by atoms with Gasteiger partial charge < -0.3 is 10.2 Å². The van der Waals surface area contributed by atoms with Crippen LogP contribution in [-0.4, -0.2) is 52.5 Å². The van der Waals surface area contributed by atoms with E-state index in [0.29, 0.717) is 17.4 Å². The van der Waals surface area contributed by atoms with Crippen molar-refractivity contribution >= 4 is 15.9 Å². The maximum atomic E-state index is 12.4. The molecule has 2 saturated heterocycles. The number of amides is 1. The summed E-state index contributed by atoms with van der Waals surface area (Å²) in [4.78, 5) is 14.5. The van der Waals surface area contributed by atoms with Gasteiger partial charge in [0.1, 0.15) is 0 Å². The lowest BCUT2D eigenvalue weighted by molar-refractivity contribution is 0.0781. The summed E-state index contributed by atoms with van der Waals surface area (Å²) in [6.45, 7) is 3.53. The molecule has 3 rings (SSSR count). The van der Waals surface area contributed by atoms with E-state index in [-0.39, 0.29) is 10.8 Å². The molecule has 2 fully saturated rings. The molecule has 0 unspecified atom stereocenters. The molecule has 0 aliphatic carbocycles. The molecule has 0 spiro atoms. The first-order valence-electron chi connectivity index (χ1n) is 7.05. The van der Waals surface area contributed by atoms with Crippen LogP contribution < -0.4 is 10.0 Å². The topological polar surface area (TPSA) is 78.5 Å². The number of nitrogens with zero attached hydrogens (tertiary/aromatic N) is 1. The second-order valence-electron chi connectivity index (χ2n) is 5.62. The Labute approximate surface area is 124 Å². The largest absolute Gasteiger partial charge is 0.338 e. The lowest BCUT2D eigenvalue weighted by atomic mass is 10.0. The Bertz CT molecular complexity index is 630. The maximum Gasteiger partial charge on any atom is 0.253 e. The van der Waals surface area contributed by atoms with E-state index in [1.54, 1.807) is 12.1 Å². The van der Waals surface area contributed by atoms with Gasteiger partial charge >= 0.3 is 0 Å². The molecule has 2 heterocycles. The summed E-state index contributed by atoms with van der Waals surface area (Å²) in [5.74, 6) is 1.09. The van der Waals surface area contributed by atoms with Gasteiger partial charge in [-0.05, 0) is 43.1 Å². The van der Waals surface area contributed by atoms with Crippen LogP contribution in [0, 0.1) is 11.8 Å². The van der Waals surface area contributed by atoms with Gasteiger partial charge in [-0.2, -0.15) is 0 Å². The summed E-state index contributed by atoms with van der Waals surface area (Å²) in [6, 6.07) is 6.10. The molecule has 2 N–H and O–H groups in total. The van der Waals surface area contributed by atoms with Crippen LogP contribution in [0.4, 0.5) is 0 Å². The van der Waals surface area contributed by atoms with Crippen molar-refractivity contribution < 1.29 is 13.2 Å². The smallest absolute Gasteiger partial charge is 0.253 e. The number of hydrogen-bond acceptors (Lipinski definition) is 4. The third-order valence-electron chi connectivity index (χ3n) is 4.36. The summed E-state index contributed by atoms with van der Waals surface area (Å²) < 4.78 is 25.6. The van der Waals surface area contributed by atoms with Crippen molar-refractivity contribution in [2.75, 3.05) is 33.2 Å². The Kier molecular flexibility index (Phi) is 3.73. The summed E-state index contributed by atoms with van der Waals surface area (Å²) in [5, 5.41) is 3.34.